The number of hydrogen-bond donors (Lipinski definition) is 0. The van der Waals surface area contributed by atoms with E-state index in [0.717, 1.165) is 38.5 Å². The molecule has 0 heteroatoms. The smallest absolute Gasteiger partial charge is 0.0303 e. The molecule has 0 N–H and O–H groups in total. The molecule has 0 saturated heterocycles. The minimum Gasteiger partial charge on any atom is -0.0654 e. The minimum absolute atomic E-state index is 0.213. The second-order valence-electron chi connectivity index (χ2n) is 14.6. The molecule has 0 aromatic carbocycles. The van der Waals surface area contributed by atoms with E-state index in [-0.39, 0.29) is 11.8 Å². The third-order valence-electron chi connectivity index (χ3n) is 10.4. The van der Waals surface area contributed by atoms with Crippen molar-refractivity contribution in [1.82, 2.24) is 0 Å². The summed E-state index contributed by atoms with van der Waals surface area (Å²) in [6.45, 7) is 4.60. The van der Waals surface area contributed by atoms with Gasteiger partial charge in [0.05, 0.1) is 0 Å². The molecule has 0 aliphatic heterocycles. The van der Waals surface area contributed by atoms with Gasteiger partial charge in [0.2, 0.25) is 0 Å². The van der Waals surface area contributed by atoms with Crippen LogP contribution in [0.3, 0.4) is 0 Å². The molecule has 0 heterocycles. The van der Waals surface area contributed by atoms with Crippen molar-refractivity contribution in [3.05, 3.63) is 0 Å². The molecule has 0 unspecified atom stereocenters. The van der Waals surface area contributed by atoms with Gasteiger partial charge < -0.3 is 0 Å². The topological polar surface area (TPSA) is 0 Å². The standard InChI is InChI=1S/C42H84/c1-3-5-7-9-11-13-15-17-19-21-23-25-27-29-31-33-35-41-37-39-42(40-38-41)36-34-32-30-28-26-24-22-20-18-16-14-12-10-8-6-4-2/h41-42H,3-40H2,1-2H3/i41D,42D. The molecular formula is C42H84. The molecule has 0 bridgehead atoms. The Bertz CT molecular complexity index is 514. The van der Waals surface area contributed by atoms with E-state index in [1.54, 1.807) is 0 Å². The summed E-state index contributed by atoms with van der Waals surface area (Å²) in [6, 6.07) is 0. The van der Waals surface area contributed by atoms with Gasteiger partial charge >= 0.3 is 0 Å². The summed E-state index contributed by atoms with van der Waals surface area (Å²) in [7, 11) is 0. The lowest BCUT2D eigenvalue weighted by atomic mass is 9.78. The molecule has 252 valence electrons. The Labute approximate surface area is 272 Å². The molecule has 42 heavy (non-hydrogen) atoms. The molecular weight excluding hydrogens is 504 g/mol. The van der Waals surface area contributed by atoms with Crippen LogP contribution in [-0.2, 0) is 0 Å². The highest BCUT2D eigenvalue weighted by molar-refractivity contribution is 4.73. The Balaban J connectivity index is 1.86. The van der Waals surface area contributed by atoms with Crippen molar-refractivity contribution in [3.8, 4) is 0 Å². The second kappa shape index (κ2) is 33.9. The Hall–Kier alpha value is 0. The monoisotopic (exact) mass is 591 g/mol. The predicted molar refractivity (Wildman–Crippen MR) is 194 cm³/mol. The Morgan fingerprint density at radius 3 is 0.643 bits per heavy atom. The first-order valence-corrected chi connectivity index (χ1v) is 20.5. The van der Waals surface area contributed by atoms with Gasteiger partial charge in [-0.25, -0.2) is 0 Å². The van der Waals surface area contributed by atoms with Crippen molar-refractivity contribution in [2.75, 3.05) is 0 Å². The van der Waals surface area contributed by atoms with E-state index >= 15 is 0 Å². The van der Waals surface area contributed by atoms with E-state index in [1.807, 2.05) is 0 Å². The van der Waals surface area contributed by atoms with Crippen LogP contribution in [0.1, 0.15) is 261 Å². The van der Waals surface area contributed by atoms with Gasteiger partial charge in [0.25, 0.3) is 0 Å². The van der Waals surface area contributed by atoms with Gasteiger partial charge in [0, 0.05) is 2.74 Å². The van der Waals surface area contributed by atoms with Crippen LogP contribution in [0.2, 0.25) is 0 Å². The lowest BCUT2D eigenvalue weighted by Gasteiger charge is -2.28. The zero-order valence-electron chi connectivity index (χ0n) is 31.9. The largest absolute Gasteiger partial charge is 0.0654 e. The average molecular weight is 591 g/mol. The molecule has 1 aliphatic rings. The van der Waals surface area contributed by atoms with Crippen molar-refractivity contribution >= 4 is 0 Å². The Morgan fingerprint density at radius 1 is 0.286 bits per heavy atom. The third kappa shape index (κ3) is 28.8. The molecule has 0 amide bonds. The molecule has 0 nitrogen and oxygen atoms in total. The zero-order valence-corrected chi connectivity index (χ0v) is 29.9. The lowest BCUT2D eigenvalue weighted by molar-refractivity contribution is 0.244. The third-order valence-corrected chi connectivity index (χ3v) is 10.4. The van der Waals surface area contributed by atoms with E-state index in [2.05, 4.69) is 13.8 Å². The van der Waals surface area contributed by atoms with Crippen molar-refractivity contribution < 1.29 is 2.74 Å². The number of hydrogen-bond acceptors (Lipinski definition) is 0. The average Bonchev–Trinajstić information content (AvgIpc) is 3.02. The predicted octanol–water partition coefficient (Wildman–Crippen LogP) is 16.1. The fourth-order valence-electron chi connectivity index (χ4n) is 7.30. The van der Waals surface area contributed by atoms with Crippen LogP contribution in [0.15, 0.2) is 0 Å². The molecule has 0 radical (unpaired) electrons. The summed E-state index contributed by atoms with van der Waals surface area (Å²) < 4.78 is 18.0. The lowest BCUT2D eigenvalue weighted by Crippen LogP contribution is -2.14. The van der Waals surface area contributed by atoms with Crippen LogP contribution >= 0.6 is 0 Å². The Kier molecular flexibility index (Phi) is 29.4. The molecule has 1 saturated carbocycles. The summed E-state index contributed by atoms with van der Waals surface area (Å²) in [5.41, 5.74) is 0. The van der Waals surface area contributed by atoms with Gasteiger partial charge in [-0.05, 0) is 11.8 Å². The normalized spacial score (nSPS) is 21.5. The van der Waals surface area contributed by atoms with Crippen molar-refractivity contribution in [1.29, 1.82) is 0 Å². The maximum Gasteiger partial charge on any atom is 0.0303 e. The van der Waals surface area contributed by atoms with Gasteiger partial charge in [-0.15, -0.1) is 0 Å². The molecule has 0 aromatic heterocycles. The first kappa shape index (κ1) is 36.5. The SMILES string of the molecule is [2H]C1(CCCCCCCCCCCCCCCCCC)CCC([2H])(CCCCCCCCCCCCCCCCCC)CC1. The van der Waals surface area contributed by atoms with Crippen LogP contribution in [0.4, 0.5) is 0 Å². The first-order chi connectivity index (χ1) is 21.5. The highest BCUT2D eigenvalue weighted by atomic mass is 14.3. The maximum absolute atomic E-state index is 9.00. The quantitative estimate of drug-likeness (QED) is 0.0654. The van der Waals surface area contributed by atoms with Crippen LogP contribution in [0, 0.1) is 11.8 Å². The first-order valence-electron chi connectivity index (χ1n) is 21.5. The molecule has 1 fully saturated rings. The van der Waals surface area contributed by atoms with E-state index < -0.39 is 0 Å². The van der Waals surface area contributed by atoms with Crippen LogP contribution < -0.4 is 0 Å². The minimum atomic E-state index is -0.213. The van der Waals surface area contributed by atoms with Crippen LogP contribution in [0.5, 0.6) is 0 Å². The van der Waals surface area contributed by atoms with Crippen LogP contribution in [-0.4, -0.2) is 0 Å². The van der Waals surface area contributed by atoms with E-state index in [0.29, 0.717) is 0 Å². The fraction of sp³-hybridized carbons (Fsp3) is 1.00. The van der Waals surface area contributed by atoms with Gasteiger partial charge in [0.15, 0.2) is 0 Å². The molecule has 1 aliphatic carbocycles. The molecule has 1 rings (SSSR count). The van der Waals surface area contributed by atoms with Gasteiger partial charge in [0.1, 0.15) is 0 Å². The van der Waals surface area contributed by atoms with E-state index in [1.165, 1.54) is 205 Å². The zero-order chi connectivity index (χ0) is 31.9. The van der Waals surface area contributed by atoms with Crippen molar-refractivity contribution in [3.63, 3.8) is 0 Å². The highest BCUT2D eigenvalue weighted by Gasteiger charge is 2.20. The molecule has 0 atom stereocenters. The number of rotatable bonds is 34. The maximum atomic E-state index is 9.00. The molecule has 0 spiro atoms. The summed E-state index contributed by atoms with van der Waals surface area (Å²) in [5, 5.41) is 0. The van der Waals surface area contributed by atoms with Gasteiger partial charge in [-0.3, -0.25) is 0 Å². The Morgan fingerprint density at radius 2 is 0.452 bits per heavy atom. The van der Waals surface area contributed by atoms with E-state index in [9.17, 15) is 0 Å². The van der Waals surface area contributed by atoms with Gasteiger partial charge in [-0.1, -0.05) is 258 Å². The van der Waals surface area contributed by atoms with Crippen LogP contribution in [0.25, 0.3) is 0 Å². The summed E-state index contributed by atoms with van der Waals surface area (Å²) in [6.07, 6.45) is 51.3. The number of unbranched alkanes of at least 4 members (excludes halogenated alkanes) is 30. The highest BCUT2D eigenvalue weighted by Crippen LogP contribution is 2.34. The van der Waals surface area contributed by atoms with Gasteiger partial charge in [-0.2, -0.15) is 0 Å². The van der Waals surface area contributed by atoms with Crippen molar-refractivity contribution in [2.24, 2.45) is 11.8 Å². The van der Waals surface area contributed by atoms with E-state index in [4.69, 9.17) is 2.74 Å². The van der Waals surface area contributed by atoms with Crippen molar-refractivity contribution in [2.45, 2.75) is 258 Å². The summed E-state index contributed by atoms with van der Waals surface area (Å²) in [5.74, 6) is -0.426. The molecule has 0 aromatic rings. The fourth-order valence-corrected chi connectivity index (χ4v) is 7.30. The summed E-state index contributed by atoms with van der Waals surface area (Å²) in [4.78, 5) is 0. The second-order valence-corrected chi connectivity index (χ2v) is 14.6. The summed E-state index contributed by atoms with van der Waals surface area (Å²) >= 11 is 0.